The highest BCUT2D eigenvalue weighted by Gasteiger charge is 2.29. The first-order chi connectivity index (χ1) is 16.0. The summed E-state index contributed by atoms with van der Waals surface area (Å²) in [5, 5.41) is 16.6. The Morgan fingerprint density at radius 1 is 0.818 bits per heavy atom. The van der Waals surface area contributed by atoms with E-state index >= 15 is 0 Å². The number of fused-ring (bicyclic) bond motifs is 6. The maximum absolute atomic E-state index is 11.3. The van der Waals surface area contributed by atoms with Crippen LogP contribution in [-0.4, -0.2) is 9.91 Å². The van der Waals surface area contributed by atoms with Crippen LogP contribution in [0.3, 0.4) is 0 Å². The van der Waals surface area contributed by atoms with Crippen LogP contribution in [0.2, 0.25) is 0 Å². The fourth-order valence-electron chi connectivity index (χ4n) is 5.23. The van der Waals surface area contributed by atoms with E-state index in [1.807, 2.05) is 42.6 Å². The van der Waals surface area contributed by atoms with Crippen LogP contribution in [0.25, 0.3) is 32.4 Å². The SMILES string of the molecule is CC1(C)CCCc2ccc3c(ccc4c([N+](=O)[O-])cccc43)c21.c1ccc2ncccc2c1. The van der Waals surface area contributed by atoms with E-state index in [0.29, 0.717) is 0 Å². The first-order valence-corrected chi connectivity index (χ1v) is 11.4. The average Bonchev–Trinajstić information content (AvgIpc) is 2.83. The van der Waals surface area contributed by atoms with Crippen molar-refractivity contribution in [3.63, 3.8) is 0 Å². The summed E-state index contributed by atoms with van der Waals surface area (Å²) in [7, 11) is 0. The molecule has 33 heavy (non-hydrogen) atoms. The van der Waals surface area contributed by atoms with Gasteiger partial charge in [0.15, 0.2) is 0 Å². The molecule has 0 atom stereocenters. The number of nitrogens with zero attached hydrogens (tertiary/aromatic N) is 2. The van der Waals surface area contributed by atoms with Crippen LogP contribution < -0.4 is 0 Å². The van der Waals surface area contributed by atoms with Crippen molar-refractivity contribution in [2.45, 2.75) is 38.5 Å². The molecule has 4 heteroatoms. The molecule has 1 aromatic heterocycles. The molecule has 0 N–H and O–H groups in total. The number of aryl methyl sites for hydroxylation is 1. The van der Waals surface area contributed by atoms with E-state index in [1.165, 1.54) is 34.7 Å². The largest absolute Gasteiger partial charge is 0.277 e. The van der Waals surface area contributed by atoms with E-state index in [2.05, 4.69) is 49.2 Å². The van der Waals surface area contributed by atoms with Crippen LogP contribution >= 0.6 is 0 Å². The summed E-state index contributed by atoms with van der Waals surface area (Å²) in [4.78, 5) is 15.2. The molecular weight excluding hydrogens is 408 g/mol. The molecule has 4 aromatic carbocycles. The van der Waals surface area contributed by atoms with Gasteiger partial charge in [-0.25, -0.2) is 0 Å². The summed E-state index contributed by atoms with van der Waals surface area (Å²) in [6.07, 6.45) is 5.35. The third-order valence-corrected chi connectivity index (χ3v) is 6.76. The molecule has 6 rings (SSSR count). The molecule has 0 radical (unpaired) electrons. The van der Waals surface area contributed by atoms with Gasteiger partial charge >= 0.3 is 0 Å². The average molecular weight is 435 g/mol. The van der Waals surface area contributed by atoms with E-state index in [0.717, 1.165) is 28.1 Å². The molecule has 0 bridgehead atoms. The van der Waals surface area contributed by atoms with E-state index < -0.39 is 0 Å². The standard InChI is InChI=1S/C20H19NO2.C9H7N/c1-20(2)12-4-5-13-8-9-15-14-6-3-7-18(21(22)23)16(14)10-11-17(15)19(13)20;1-2-6-9-8(4-1)5-3-7-10-9/h3,6-11H,4-5,12H2,1-2H3;1-7H. The Hall–Kier alpha value is -3.79. The Morgan fingerprint density at radius 2 is 1.55 bits per heavy atom. The van der Waals surface area contributed by atoms with Crippen molar-refractivity contribution in [2.24, 2.45) is 0 Å². The third kappa shape index (κ3) is 3.82. The predicted octanol–water partition coefficient (Wildman–Crippen LogP) is 7.75. The lowest BCUT2D eigenvalue weighted by molar-refractivity contribution is -0.383. The fraction of sp³-hybridized carbons (Fsp3) is 0.207. The Balaban J connectivity index is 0.000000190. The Morgan fingerprint density at radius 3 is 2.36 bits per heavy atom. The second kappa shape index (κ2) is 8.28. The Bertz CT molecular complexity index is 1440. The van der Waals surface area contributed by atoms with E-state index in [9.17, 15) is 10.1 Å². The molecule has 164 valence electrons. The van der Waals surface area contributed by atoms with Crippen LogP contribution in [0.5, 0.6) is 0 Å². The van der Waals surface area contributed by atoms with Crippen molar-refractivity contribution >= 4 is 38.1 Å². The van der Waals surface area contributed by atoms with Gasteiger partial charge in [0.1, 0.15) is 0 Å². The zero-order valence-corrected chi connectivity index (χ0v) is 18.9. The maximum Gasteiger partial charge on any atom is 0.277 e. The van der Waals surface area contributed by atoms with E-state index in [4.69, 9.17) is 0 Å². The summed E-state index contributed by atoms with van der Waals surface area (Å²) in [5.74, 6) is 0. The monoisotopic (exact) mass is 434 g/mol. The Labute approximate surface area is 193 Å². The molecule has 1 aliphatic rings. The van der Waals surface area contributed by atoms with Gasteiger partial charge in [0.05, 0.1) is 15.8 Å². The number of non-ortho nitro benzene ring substituents is 1. The number of nitro benzene ring substituents is 1. The van der Waals surface area contributed by atoms with Crippen molar-refractivity contribution in [3.8, 4) is 0 Å². The molecule has 1 aliphatic carbocycles. The van der Waals surface area contributed by atoms with E-state index in [1.54, 1.807) is 12.1 Å². The number of para-hydroxylation sites is 1. The summed E-state index contributed by atoms with van der Waals surface area (Å²) < 4.78 is 0. The van der Waals surface area contributed by atoms with Crippen molar-refractivity contribution in [2.75, 3.05) is 0 Å². The summed E-state index contributed by atoms with van der Waals surface area (Å²) in [6.45, 7) is 4.62. The molecule has 4 nitrogen and oxygen atoms in total. The predicted molar refractivity (Wildman–Crippen MR) is 136 cm³/mol. The van der Waals surface area contributed by atoms with Gasteiger partial charge in [-0.15, -0.1) is 0 Å². The van der Waals surface area contributed by atoms with Crippen LogP contribution in [0.15, 0.2) is 85.1 Å². The minimum atomic E-state index is -0.295. The molecule has 0 unspecified atom stereocenters. The third-order valence-electron chi connectivity index (χ3n) is 6.76. The maximum atomic E-state index is 11.3. The quantitative estimate of drug-likeness (QED) is 0.154. The highest BCUT2D eigenvalue weighted by molar-refractivity contribution is 6.11. The zero-order chi connectivity index (χ0) is 23.0. The lowest BCUT2D eigenvalue weighted by Crippen LogP contribution is -2.24. The first kappa shape index (κ1) is 21.1. The molecule has 5 aromatic rings. The van der Waals surface area contributed by atoms with Crippen molar-refractivity contribution < 1.29 is 4.92 Å². The van der Waals surface area contributed by atoms with Gasteiger partial charge in [-0.2, -0.15) is 0 Å². The molecule has 0 fully saturated rings. The summed E-state index contributed by atoms with van der Waals surface area (Å²) in [6, 6.07) is 25.8. The van der Waals surface area contributed by atoms with Gasteiger partial charge in [0.25, 0.3) is 5.69 Å². The number of pyridine rings is 1. The minimum absolute atomic E-state index is 0.154. The zero-order valence-electron chi connectivity index (χ0n) is 18.9. The Kier molecular flexibility index (Phi) is 5.29. The molecule has 0 amide bonds. The van der Waals surface area contributed by atoms with Gasteiger partial charge in [-0.05, 0) is 70.2 Å². The molecule has 0 spiro atoms. The van der Waals surface area contributed by atoms with Crippen molar-refractivity contribution in [1.82, 2.24) is 4.98 Å². The highest BCUT2D eigenvalue weighted by atomic mass is 16.6. The molecular formula is C29H26N2O2. The van der Waals surface area contributed by atoms with E-state index in [-0.39, 0.29) is 16.0 Å². The summed E-state index contributed by atoms with van der Waals surface area (Å²) >= 11 is 0. The van der Waals surface area contributed by atoms with Gasteiger partial charge in [0.2, 0.25) is 0 Å². The molecule has 1 heterocycles. The lowest BCUT2D eigenvalue weighted by Gasteiger charge is -2.34. The second-order valence-corrected chi connectivity index (χ2v) is 9.32. The smallest absolute Gasteiger partial charge is 0.258 e. The first-order valence-electron chi connectivity index (χ1n) is 11.4. The number of aromatic nitrogens is 1. The van der Waals surface area contributed by atoms with Crippen LogP contribution in [0.1, 0.15) is 37.8 Å². The number of hydrogen-bond acceptors (Lipinski definition) is 3. The van der Waals surface area contributed by atoms with Crippen molar-refractivity contribution in [3.05, 3.63) is 106 Å². The normalized spacial score (nSPS) is 14.5. The van der Waals surface area contributed by atoms with Crippen molar-refractivity contribution in [1.29, 1.82) is 0 Å². The van der Waals surface area contributed by atoms with Gasteiger partial charge < -0.3 is 0 Å². The molecule has 0 aliphatic heterocycles. The molecule has 0 saturated heterocycles. The number of rotatable bonds is 1. The fourth-order valence-corrected chi connectivity index (χ4v) is 5.23. The number of benzene rings is 4. The van der Waals surface area contributed by atoms with Gasteiger partial charge in [0, 0.05) is 17.6 Å². The van der Waals surface area contributed by atoms with Crippen LogP contribution in [0, 0.1) is 10.1 Å². The number of nitro groups is 1. The molecule has 0 saturated carbocycles. The minimum Gasteiger partial charge on any atom is -0.258 e. The van der Waals surface area contributed by atoms with Crippen LogP contribution in [0.4, 0.5) is 5.69 Å². The van der Waals surface area contributed by atoms with Crippen LogP contribution in [-0.2, 0) is 11.8 Å². The van der Waals surface area contributed by atoms with Gasteiger partial charge in [-0.3, -0.25) is 15.1 Å². The summed E-state index contributed by atoms with van der Waals surface area (Å²) in [5.41, 5.74) is 4.25. The lowest BCUT2D eigenvalue weighted by atomic mass is 9.70. The second-order valence-electron chi connectivity index (χ2n) is 9.32. The topological polar surface area (TPSA) is 56.0 Å². The number of hydrogen-bond donors (Lipinski definition) is 0. The van der Waals surface area contributed by atoms with Gasteiger partial charge in [-0.1, -0.05) is 68.4 Å². The highest BCUT2D eigenvalue weighted by Crippen LogP contribution is 2.43.